The summed E-state index contributed by atoms with van der Waals surface area (Å²) in [6, 6.07) is 6.99. The summed E-state index contributed by atoms with van der Waals surface area (Å²) in [5, 5.41) is 3.56. The summed E-state index contributed by atoms with van der Waals surface area (Å²) in [6.45, 7) is 3.90. The number of hydrogen-bond acceptors (Lipinski definition) is 4. The number of ether oxygens (including phenoxy) is 2. The van der Waals surface area contributed by atoms with Gasteiger partial charge in [0.25, 0.3) is 0 Å². The molecule has 1 heterocycles. The predicted molar refractivity (Wildman–Crippen MR) is 64.3 cm³/mol. The predicted octanol–water partition coefficient (Wildman–Crippen LogP) is 3.14. The molecule has 0 fully saturated rings. The zero-order valence-corrected chi connectivity index (χ0v) is 10.1. The fourth-order valence-corrected chi connectivity index (χ4v) is 1.50. The third-order valence-electron chi connectivity index (χ3n) is 2.21. The highest BCUT2D eigenvalue weighted by atomic mass is 16.5. The van der Waals surface area contributed by atoms with E-state index in [0.29, 0.717) is 17.3 Å². The van der Waals surface area contributed by atoms with Crippen LogP contribution in [0.15, 0.2) is 35.0 Å². The van der Waals surface area contributed by atoms with Crippen LogP contribution in [0.2, 0.25) is 0 Å². The molecule has 0 radical (unpaired) electrons. The quantitative estimate of drug-likeness (QED) is 0.815. The minimum atomic E-state index is 0.0514. The van der Waals surface area contributed by atoms with Gasteiger partial charge in [0, 0.05) is 6.07 Å². The molecule has 0 aliphatic heterocycles. The number of rotatable bonds is 4. The van der Waals surface area contributed by atoms with Crippen LogP contribution < -0.4 is 9.47 Å². The van der Waals surface area contributed by atoms with Gasteiger partial charge in [0.05, 0.1) is 26.3 Å². The first-order chi connectivity index (χ1) is 8.60. The van der Waals surface area contributed by atoms with Crippen LogP contribution in [0.25, 0.3) is 11.3 Å². The lowest BCUT2D eigenvalue weighted by atomic mass is 10.1. The van der Waals surface area contributed by atoms with E-state index in [-0.39, 0.29) is 12.3 Å². The van der Waals surface area contributed by atoms with Crippen molar-refractivity contribution in [2.24, 2.45) is 0 Å². The summed E-state index contributed by atoms with van der Waals surface area (Å²) < 4.78 is 23.4. The molecule has 1 aromatic heterocycles. The van der Waals surface area contributed by atoms with E-state index in [0.717, 1.165) is 5.56 Å². The van der Waals surface area contributed by atoms with Crippen LogP contribution in [0.5, 0.6) is 11.5 Å². The Morgan fingerprint density at radius 3 is 2.76 bits per heavy atom. The van der Waals surface area contributed by atoms with Crippen LogP contribution >= 0.6 is 0 Å². The molecule has 0 saturated carbocycles. The van der Waals surface area contributed by atoms with Crippen molar-refractivity contribution in [3.8, 4) is 22.8 Å². The molecule has 0 spiro atoms. The maximum atomic E-state index is 7.40. The molecule has 4 heteroatoms. The van der Waals surface area contributed by atoms with Crippen LogP contribution in [0.4, 0.5) is 0 Å². The average Bonchev–Trinajstić information content (AvgIpc) is 2.75. The topological polar surface area (TPSA) is 44.5 Å². The smallest absolute Gasteiger partial charge is 0.170 e. The molecule has 0 bridgehead atoms. The molecule has 17 heavy (non-hydrogen) atoms. The second-order valence-corrected chi connectivity index (χ2v) is 3.85. The number of methoxy groups -OCH3 is 1. The standard InChI is InChI=1S/C13H15NO3/c1-9(2)16-12-5-4-10(15-3)8-11(12)13-6-7-14-17-13/h4-9H,1-3H3/i7D. The Labute approximate surface area is 102 Å². The zero-order valence-electron chi connectivity index (χ0n) is 11.1. The van der Waals surface area contributed by atoms with Crippen LogP contribution in [0.3, 0.4) is 0 Å². The normalized spacial score (nSPS) is 11.4. The first-order valence-electron chi connectivity index (χ1n) is 5.88. The highest BCUT2D eigenvalue weighted by Crippen LogP contribution is 2.33. The van der Waals surface area contributed by atoms with Crippen molar-refractivity contribution in [3.63, 3.8) is 0 Å². The van der Waals surface area contributed by atoms with Crippen molar-refractivity contribution in [1.29, 1.82) is 0 Å². The van der Waals surface area contributed by atoms with Gasteiger partial charge in [-0.15, -0.1) is 0 Å². The van der Waals surface area contributed by atoms with E-state index in [9.17, 15) is 0 Å². The Morgan fingerprint density at radius 2 is 2.18 bits per heavy atom. The summed E-state index contributed by atoms with van der Waals surface area (Å²) in [5.74, 6) is 1.88. The van der Waals surface area contributed by atoms with Gasteiger partial charge in [-0.2, -0.15) is 0 Å². The Hall–Kier alpha value is -1.97. The molecule has 0 saturated heterocycles. The van der Waals surface area contributed by atoms with Crippen LogP contribution in [0.1, 0.15) is 15.2 Å². The Balaban J connectivity index is 2.47. The second kappa shape index (κ2) is 4.91. The summed E-state index contributed by atoms with van der Waals surface area (Å²) in [6.07, 6.45) is 0.138. The number of benzene rings is 1. The van der Waals surface area contributed by atoms with Gasteiger partial charge in [-0.1, -0.05) is 5.16 Å². The molecular weight excluding hydrogens is 218 g/mol. The first-order valence-corrected chi connectivity index (χ1v) is 5.38. The van der Waals surface area contributed by atoms with Crippen molar-refractivity contribution >= 4 is 0 Å². The molecule has 0 aliphatic rings. The van der Waals surface area contributed by atoms with Gasteiger partial charge in [0.1, 0.15) is 11.5 Å². The van der Waals surface area contributed by atoms with E-state index in [1.807, 2.05) is 26.0 Å². The lowest BCUT2D eigenvalue weighted by Crippen LogP contribution is -2.06. The van der Waals surface area contributed by atoms with Crippen molar-refractivity contribution in [3.05, 3.63) is 30.4 Å². The molecule has 0 unspecified atom stereocenters. The number of aromatic nitrogens is 1. The van der Waals surface area contributed by atoms with E-state index >= 15 is 0 Å². The highest BCUT2D eigenvalue weighted by Gasteiger charge is 2.12. The second-order valence-electron chi connectivity index (χ2n) is 3.85. The first kappa shape index (κ1) is 10.2. The lowest BCUT2D eigenvalue weighted by Gasteiger charge is -2.13. The Morgan fingerprint density at radius 1 is 1.35 bits per heavy atom. The van der Waals surface area contributed by atoms with Crippen molar-refractivity contribution in [2.75, 3.05) is 7.11 Å². The molecule has 1 aromatic carbocycles. The third kappa shape index (κ3) is 2.58. The van der Waals surface area contributed by atoms with Crippen LogP contribution in [0, 0.1) is 0 Å². The summed E-state index contributed by atoms with van der Waals surface area (Å²) >= 11 is 0. The van der Waals surface area contributed by atoms with Crippen molar-refractivity contribution in [2.45, 2.75) is 20.0 Å². The minimum absolute atomic E-state index is 0.0514. The summed E-state index contributed by atoms with van der Waals surface area (Å²) in [4.78, 5) is 0. The van der Waals surface area contributed by atoms with Gasteiger partial charge < -0.3 is 14.0 Å². The summed E-state index contributed by atoms with van der Waals surface area (Å²) in [5.41, 5.74) is 0.731. The van der Waals surface area contributed by atoms with E-state index in [4.69, 9.17) is 15.4 Å². The fourth-order valence-electron chi connectivity index (χ4n) is 1.50. The summed E-state index contributed by atoms with van der Waals surface area (Å²) in [7, 11) is 1.60. The van der Waals surface area contributed by atoms with E-state index in [2.05, 4.69) is 5.16 Å². The largest absolute Gasteiger partial charge is 0.497 e. The molecular formula is C13H15NO3. The van der Waals surface area contributed by atoms with Gasteiger partial charge in [-0.3, -0.25) is 0 Å². The van der Waals surface area contributed by atoms with Crippen molar-refractivity contribution in [1.82, 2.24) is 5.16 Å². The average molecular weight is 234 g/mol. The molecule has 4 nitrogen and oxygen atoms in total. The monoisotopic (exact) mass is 234 g/mol. The lowest BCUT2D eigenvalue weighted by molar-refractivity contribution is 0.242. The zero-order chi connectivity index (χ0) is 13.1. The molecule has 0 N–H and O–H groups in total. The van der Waals surface area contributed by atoms with Gasteiger partial charge in [-0.05, 0) is 32.0 Å². The maximum absolute atomic E-state index is 7.40. The SMILES string of the molecule is [2H]c1cc(-c2cc(OC)ccc2OC(C)C)on1. The van der Waals surface area contributed by atoms with Gasteiger partial charge >= 0.3 is 0 Å². The fraction of sp³-hybridized carbons (Fsp3) is 0.308. The molecule has 90 valence electrons. The maximum Gasteiger partial charge on any atom is 0.170 e. The van der Waals surface area contributed by atoms with Crippen LogP contribution in [-0.4, -0.2) is 18.4 Å². The van der Waals surface area contributed by atoms with Gasteiger partial charge in [-0.25, -0.2) is 0 Å². The highest BCUT2D eigenvalue weighted by molar-refractivity contribution is 5.67. The number of nitrogens with zero attached hydrogens (tertiary/aromatic N) is 1. The Kier molecular flexibility index (Phi) is 2.95. The molecule has 0 amide bonds. The molecule has 0 atom stereocenters. The Bertz CT molecular complexity index is 537. The van der Waals surface area contributed by atoms with Gasteiger partial charge in [0.15, 0.2) is 5.76 Å². The van der Waals surface area contributed by atoms with Crippen molar-refractivity contribution < 1.29 is 15.4 Å². The number of hydrogen-bond donors (Lipinski definition) is 0. The van der Waals surface area contributed by atoms with Gasteiger partial charge in [0.2, 0.25) is 0 Å². The van der Waals surface area contributed by atoms with Crippen LogP contribution in [-0.2, 0) is 0 Å². The molecule has 0 aliphatic carbocycles. The van der Waals surface area contributed by atoms with E-state index in [1.165, 1.54) is 0 Å². The minimum Gasteiger partial charge on any atom is -0.497 e. The van der Waals surface area contributed by atoms with E-state index in [1.54, 1.807) is 19.2 Å². The van der Waals surface area contributed by atoms with E-state index < -0.39 is 0 Å². The molecule has 2 aromatic rings. The molecule has 2 rings (SSSR count). The third-order valence-corrected chi connectivity index (χ3v) is 2.21.